The number of hydrogen-bond acceptors (Lipinski definition) is 3. The Kier molecular flexibility index (Phi) is 3.97. The van der Waals surface area contributed by atoms with Crippen LogP contribution in [0.5, 0.6) is 5.75 Å². The largest absolute Gasteiger partial charge is 0.497 e. The van der Waals surface area contributed by atoms with Gasteiger partial charge in [0.05, 0.1) is 7.11 Å². The Balaban J connectivity index is 2.53. The standard InChI is InChI=1S/C9H13NOS/c1-11-9-4-2-8(3-5-9)6-10-7-12/h2-5,10,12H,6-7H2,1H3. The van der Waals surface area contributed by atoms with Gasteiger partial charge in [-0.2, -0.15) is 12.6 Å². The number of benzene rings is 1. The molecule has 0 saturated heterocycles. The average molecular weight is 183 g/mol. The van der Waals surface area contributed by atoms with Crippen LogP contribution in [0.25, 0.3) is 0 Å². The monoisotopic (exact) mass is 183 g/mol. The molecule has 0 bridgehead atoms. The van der Waals surface area contributed by atoms with Crippen molar-refractivity contribution in [3.05, 3.63) is 29.8 Å². The molecule has 3 heteroatoms. The van der Waals surface area contributed by atoms with E-state index in [1.807, 2.05) is 24.3 Å². The minimum atomic E-state index is 0.700. The minimum absolute atomic E-state index is 0.700. The molecule has 0 unspecified atom stereocenters. The molecule has 1 rings (SSSR count). The van der Waals surface area contributed by atoms with Crippen molar-refractivity contribution in [1.82, 2.24) is 5.32 Å². The quantitative estimate of drug-likeness (QED) is 0.547. The first-order valence-electron chi connectivity index (χ1n) is 3.81. The number of methoxy groups -OCH3 is 1. The second kappa shape index (κ2) is 5.06. The van der Waals surface area contributed by atoms with Gasteiger partial charge in [-0.1, -0.05) is 12.1 Å². The van der Waals surface area contributed by atoms with Crippen LogP contribution >= 0.6 is 12.6 Å². The van der Waals surface area contributed by atoms with Crippen LogP contribution in [-0.4, -0.2) is 13.0 Å². The molecule has 0 atom stereocenters. The third kappa shape index (κ3) is 2.75. The zero-order valence-electron chi connectivity index (χ0n) is 7.08. The number of ether oxygens (including phenoxy) is 1. The maximum absolute atomic E-state index is 5.04. The van der Waals surface area contributed by atoms with E-state index in [2.05, 4.69) is 17.9 Å². The van der Waals surface area contributed by atoms with Crippen molar-refractivity contribution in [3.8, 4) is 5.75 Å². The lowest BCUT2D eigenvalue weighted by atomic mass is 10.2. The molecular weight excluding hydrogens is 170 g/mol. The Labute approximate surface area is 78.3 Å². The number of rotatable bonds is 4. The van der Waals surface area contributed by atoms with Crippen LogP contribution in [0, 0.1) is 0 Å². The van der Waals surface area contributed by atoms with Crippen molar-refractivity contribution in [1.29, 1.82) is 0 Å². The number of hydrogen-bond donors (Lipinski definition) is 2. The van der Waals surface area contributed by atoms with Gasteiger partial charge in [0.2, 0.25) is 0 Å². The first kappa shape index (κ1) is 9.42. The van der Waals surface area contributed by atoms with Gasteiger partial charge in [-0.3, -0.25) is 0 Å². The fraction of sp³-hybridized carbons (Fsp3) is 0.333. The van der Waals surface area contributed by atoms with E-state index in [0.717, 1.165) is 12.3 Å². The van der Waals surface area contributed by atoms with Gasteiger partial charge >= 0.3 is 0 Å². The molecule has 0 amide bonds. The molecule has 0 aliphatic carbocycles. The lowest BCUT2D eigenvalue weighted by molar-refractivity contribution is 0.414. The van der Waals surface area contributed by atoms with Gasteiger partial charge in [0, 0.05) is 12.4 Å². The SMILES string of the molecule is COc1ccc(CNCS)cc1. The second-order valence-corrected chi connectivity index (χ2v) is 2.75. The van der Waals surface area contributed by atoms with E-state index in [1.165, 1.54) is 5.56 Å². The Hall–Kier alpha value is -0.670. The smallest absolute Gasteiger partial charge is 0.118 e. The molecule has 0 spiro atoms. The van der Waals surface area contributed by atoms with Crippen molar-refractivity contribution in [2.75, 3.05) is 13.0 Å². The van der Waals surface area contributed by atoms with E-state index in [9.17, 15) is 0 Å². The first-order valence-corrected chi connectivity index (χ1v) is 4.44. The average Bonchev–Trinajstić information content (AvgIpc) is 2.15. The summed E-state index contributed by atoms with van der Waals surface area (Å²) in [6.07, 6.45) is 0. The molecule has 1 aromatic carbocycles. The van der Waals surface area contributed by atoms with Gasteiger partial charge in [-0.15, -0.1) is 0 Å². The molecule has 0 radical (unpaired) electrons. The Morgan fingerprint density at radius 2 is 2.00 bits per heavy atom. The molecule has 66 valence electrons. The van der Waals surface area contributed by atoms with Gasteiger partial charge in [0.15, 0.2) is 0 Å². The van der Waals surface area contributed by atoms with Crippen LogP contribution in [0.2, 0.25) is 0 Å². The Morgan fingerprint density at radius 3 is 2.50 bits per heavy atom. The van der Waals surface area contributed by atoms with Crippen molar-refractivity contribution >= 4 is 12.6 Å². The highest BCUT2D eigenvalue weighted by atomic mass is 32.1. The fourth-order valence-electron chi connectivity index (χ4n) is 0.944. The van der Waals surface area contributed by atoms with Gasteiger partial charge in [-0.25, -0.2) is 0 Å². The topological polar surface area (TPSA) is 21.3 Å². The summed E-state index contributed by atoms with van der Waals surface area (Å²) < 4.78 is 5.04. The lowest BCUT2D eigenvalue weighted by Crippen LogP contribution is -2.09. The minimum Gasteiger partial charge on any atom is -0.497 e. The lowest BCUT2D eigenvalue weighted by Gasteiger charge is -2.02. The zero-order valence-corrected chi connectivity index (χ0v) is 7.97. The molecule has 0 aliphatic heterocycles. The van der Waals surface area contributed by atoms with Crippen LogP contribution < -0.4 is 10.1 Å². The molecule has 1 N–H and O–H groups in total. The molecule has 0 fully saturated rings. The van der Waals surface area contributed by atoms with Gasteiger partial charge in [0.1, 0.15) is 5.75 Å². The molecule has 0 aromatic heterocycles. The van der Waals surface area contributed by atoms with Crippen molar-refractivity contribution in [2.24, 2.45) is 0 Å². The van der Waals surface area contributed by atoms with E-state index in [1.54, 1.807) is 7.11 Å². The van der Waals surface area contributed by atoms with Crippen LogP contribution in [-0.2, 0) is 6.54 Å². The van der Waals surface area contributed by atoms with Crippen molar-refractivity contribution in [2.45, 2.75) is 6.54 Å². The summed E-state index contributed by atoms with van der Waals surface area (Å²) in [6, 6.07) is 7.98. The van der Waals surface area contributed by atoms with Crippen LogP contribution in [0.1, 0.15) is 5.56 Å². The summed E-state index contributed by atoms with van der Waals surface area (Å²) >= 11 is 4.05. The third-order valence-electron chi connectivity index (χ3n) is 1.60. The molecule has 0 saturated carbocycles. The van der Waals surface area contributed by atoms with E-state index < -0.39 is 0 Å². The molecule has 0 heterocycles. The highest BCUT2D eigenvalue weighted by molar-refractivity contribution is 7.80. The highest BCUT2D eigenvalue weighted by Crippen LogP contribution is 2.10. The Morgan fingerprint density at radius 1 is 1.33 bits per heavy atom. The summed E-state index contributed by atoms with van der Waals surface area (Å²) in [5.41, 5.74) is 1.24. The predicted octanol–water partition coefficient (Wildman–Crippen LogP) is 1.67. The van der Waals surface area contributed by atoms with Crippen molar-refractivity contribution in [3.63, 3.8) is 0 Å². The van der Waals surface area contributed by atoms with Crippen LogP contribution in [0.4, 0.5) is 0 Å². The normalized spacial score (nSPS) is 9.83. The number of thiol groups is 1. The maximum Gasteiger partial charge on any atom is 0.118 e. The van der Waals surface area contributed by atoms with Gasteiger partial charge in [-0.05, 0) is 17.7 Å². The summed E-state index contributed by atoms with van der Waals surface area (Å²) in [5, 5.41) is 3.13. The van der Waals surface area contributed by atoms with Gasteiger partial charge in [0.25, 0.3) is 0 Å². The summed E-state index contributed by atoms with van der Waals surface area (Å²) in [5.74, 6) is 1.59. The number of nitrogens with one attached hydrogen (secondary N) is 1. The second-order valence-electron chi connectivity index (χ2n) is 2.43. The maximum atomic E-state index is 5.04. The van der Waals surface area contributed by atoms with Crippen LogP contribution in [0.3, 0.4) is 0 Å². The molecule has 12 heavy (non-hydrogen) atoms. The molecule has 0 aliphatic rings. The van der Waals surface area contributed by atoms with E-state index in [-0.39, 0.29) is 0 Å². The summed E-state index contributed by atoms with van der Waals surface area (Å²) in [6.45, 7) is 0.855. The van der Waals surface area contributed by atoms with E-state index in [0.29, 0.717) is 5.88 Å². The van der Waals surface area contributed by atoms with Gasteiger partial charge < -0.3 is 10.1 Å². The summed E-state index contributed by atoms with van der Waals surface area (Å²) in [7, 11) is 1.67. The van der Waals surface area contributed by atoms with E-state index >= 15 is 0 Å². The summed E-state index contributed by atoms with van der Waals surface area (Å²) in [4.78, 5) is 0. The third-order valence-corrected chi connectivity index (χ3v) is 1.82. The Bertz CT molecular complexity index is 222. The van der Waals surface area contributed by atoms with E-state index in [4.69, 9.17) is 4.74 Å². The zero-order chi connectivity index (χ0) is 8.81. The highest BCUT2D eigenvalue weighted by Gasteiger charge is 1.92. The fourth-order valence-corrected chi connectivity index (χ4v) is 1.06. The first-order chi connectivity index (χ1) is 5.86. The molecule has 2 nitrogen and oxygen atoms in total. The molecule has 1 aromatic rings. The van der Waals surface area contributed by atoms with Crippen molar-refractivity contribution < 1.29 is 4.74 Å². The molecular formula is C9H13NOS. The van der Waals surface area contributed by atoms with Crippen LogP contribution in [0.15, 0.2) is 24.3 Å². The predicted molar refractivity (Wildman–Crippen MR) is 53.7 cm³/mol.